The van der Waals surface area contributed by atoms with Crippen LogP contribution in [0.2, 0.25) is 0 Å². The van der Waals surface area contributed by atoms with Crippen molar-refractivity contribution in [3.63, 3.8) is 0 Å². The number of aliphatic hydroxyl groups is 1. The van der Waals surface area contributed by atoms with Crippen LogP contribution in [0.4, 0.5) is 5.69 Å². The summed E-state index contributed by atoms with van der Waals surface area (Å²) in [5.74, 6) is -1.41. The fourth-order valence-corrected chi connectivity index (χ4v) is 3.61. The Morgan fingerprint density at radius 2 is 1.77 bits per heavy atom. The summed E-state index contributed by atoms with van der Waals surface area (Å²) in [6, 6.07) is 14.4. The number of carbonyl (C=O) groups excluding carboxylic acids is 2. The lowest BCUT2D eigenvalue weighted by atomic mass is 9.71. The monoisotopic (exact) mass is 293 g/mol. The van der Waals surface area contributed by atoms with Gasteiger partial charge in [0.15, 0.2) is 11.4 Å². The van der Waals surface area contributed by atoms with Crippen molar-refractivity contribution in [2.24, 2.45) is 5.92 Å². The molecule has 2 aliphatic rings. The van der Waals surface area contributed by atoms with Crippen molar-refractivity contribution >= 4 is 17.4 Å². The maximum absolute atomic E-state index is 12.8. The van der Waals surface area contributed by atoms with Crippen molar-refractivity contribution in [2.75, 3.05) is 5.32 Å². The molecule has 2 N–H and O–H groups in total. The Morgan fingerprint density at radius 1 is 1.05 bits per heavy atom. The summed E-state index contributed by atoms with van der Waals surface area (Å²) in [6.45, 7) is 0. The van der Waals surface area contributed by atoms with Gasteiger partial charge in [0.05, 0.1) is 5.92 Å². The number of ketones is 1. The summed E-state index contributed by atoms with van der Waals surface area (Å²) < 4.78 is 0. The van der Waals surface area contributed by atoms with E-state index in [2.05, 4.69) is 5.32 Å². The van der Waals surface area contributed by atoms with Crippen LogP contribution >= 0.6 is 0 Å². The molecule has 0 radical (unpaired) electrons. The number of hydrogen-bond donors (Lipinski definition) is 2. The van der Waals surface area contributed by atoms with Crippen LogP contribution in [0.15, 0.2) is 48.5 Å². The van der Waals surface area contributed by atoms with E-state index < -0.39 is 17.4 Å². The summed E-state index contributed by atoms with van der Waals surface area (Å²) in [4.78, 5) is 25.2. The van der Waals surface area contributed by atoms with Gasteiger partial charge in [-0.2, -0.15) is 0 Å². The molecule has 0 saturated carbocycles. The van der Waals surface area contributed by atoms with Gasteiger partial charge in [0, 0.05) is 16.8 Å². The van der Waals surface area contributed by atoms with Crippen LogP contribution in [0.25, 0.3) is 0 Å². The molecule has 4 heteroatoms. The molecule has 0 aromatic heterocycles. The first-order chi connectivity index (χ1) is 10.6. The van der Waals surface area contributed by atoms with Gasteiger partial charge < -0.3 is 10.4 Å². The Hall–Kier alpha value is -2.46. The van der Waals surface area contributed by atoms with Crippen LogP contribution in [0, 0.1) is 5.92 Å². The number of fused-ring (bicyclic) bond motifs is 2. The van der Waals surface area contributed by atoms with E-state index in [1.54, 1.807) is 30.3 Å². The number of rotatable bonds is 1. The number of nitrogens with one attached hydrogen (secondary N) is 1. The van der Waals surface area contributed by atoms with Gasteiger partial charge >= 0.3 is 0 Å². The maximum Gasteiger partial charge on any atom is 0.261 e. The third kappa shape index (κ3) is 1.61. The molecule has 2 atom stereocenters. The molecule has 1 aliphatic heterocycles. The van der Waals surface area contributed by atoms with E-state index in [-0.39, 0.29) is 5.78 Å². The van der Waals surface area contributed by atoms with Crippen LogP contribution in [-0.2, 0) is 16.8 Å². The topological polar surface area (TPSA) is 66.4 Å². The minimum Gasteiger partial charge on any atom is -0.375 e. The first-order valence-corrected chi connectivity index (χ1v) is 7.38. The van der Waals surface area contributed by atoms with Gasteiger partial charge in [-0.15, -0.1) is 0 Å². The number of aryl methyl sites for hydroxylation is 1. The van der Waals surface area contributed by atoms with Crippen LogP contribution in [0.3, 0.4) is 0 Å². The highest BCUT2D eigenvalue weighted by Crippen LogP contribution is 2.45. The lowest BCUT2D eigenvalue weighted by Gasteiger charge is -2.33. The number of amides is 1. The Morgan fingerprint density at radius 3 is 2.64 bits per heavy atom. The number of benzene rings is 2. The summed E-state index contributed by atoms with van der Waals surface area (Å²) in [6.07, 6.45) is 1.15. The molecular formula is C18H15NO3. The van der Waals surface area contributed by atoms with Gasteiger partial charge in [0.1, 0.15) is 0 Å². The summed E-state index contributed by atoms with van der Waals surface area (Å²) in [5.41, 5.74) is 0.907. The average Bonchev–Trinajstić information content (AvgIpc) is 2.80. The molecule has 2 aromatic rings. The Balaban J connectivity index is 1.83. The van der Waals surface area contributed by atoms with Crippen molar-refractivity contribution in [1.82, 2.24) is 0 Å². The van der Waals surface area contributed by atoms with Crippen molar-refractivity contribution < 1.29 is 14.7 Å². The maximum atomic E-state index is 12.8. The number of anilines is 1. The minimum absolute atomic E-state index is 0.156. The largest absolute Gasteiger partial charge is 0.375 e. The third-order valence-electron chi connectivity index (χ3n) is 4.74. The molecular weight excluding hydrogens is 278 g/mol. The van der Waals surface area contributed by atoms with E-state index >= 15 is 0 Å². The first kappa shape index (κ1) is 13.2. The standard InChI is InChI=1S/C18H15NO3/c20-16-12-6-2-1-5-11(12)9-10-14(16)18(22)13-7-3-4-8-15(13)19-17(18)21/h1-8,14,22H,9-10H2,(H,19,21)/t14-,18-/m1/s1. The lowest BCUT2D eigenvalue weighted by Crippen LogP contribution is -2.47. The van der Waals surface area contributed by atoms with E-state index in [9.17, 15) is 14.7 Å². The van der Waals surface area contributed by atoms with Crippen LogP contribution in [-0.4, -0.2) is 16.8 Å². The summed E-state index contributed by atoms with van der Waals surface area (Å²) in [7, 11) is 0. The second-order valence-electron chi connectivity index (χ2n) is 5.88. The zero-order chi connectivity index (χ0) is 15.3. The Kier molecular flexibility index (Phi) is 2.71. The highest BCUT2D eigenvalue weighted by Gasteiger charge is 2.54. The zero-order valence-electron chi connectivity index (χ0n) is 11.9. The van der Waals surface area contributed by atoms with Gasteiger partial charge in [-0.25, -0.2) is 0 Å². The van der Waals surface area contributed by atoms with Crippen molar-refractivity contribution in [3.05, 3.63) is 65.2 Å². The van der Waals surface area contributed by atoms with Gasteiger partial charge in [-0.1, -0.05) is 42.5 Å². The van der Waals surface area contributed by atoms with E-state index in [4.69, 9.17) is 0 Å². The molecule has 1 heterocycles. The predicted octanol–water partition coefficient (Wildman–Crippen LogP) is 2.27. The highest BCUT2D eigenvalue weighted by atomic mass is 16.3. The molecule has 2 aromatic carbocycles. The van der Waals surface area contributed by atoms with Crippen molar-refractivity contribution in [1.29, 1.82) is 0 Å². The van der Waals surface area contributed by atoms with Crippen LogP contribution < -0.4 is 5.32 Å². The van der Waals surface area contributed by atoms with E-state index in [1.807, 2.05) is 18.2 Å². The molecule has 0 spiro atoms. The highest BCUT2D eigenvalue weighted by molar-refractivity contribution is 6.11. The molecule has 4 rings (SSSR count). The first-order valence-electron chi connectivity index (χ1n) is 7.38. The van der Waals surface area contributed by atoms with Gasteiger partial charge in [-0.05, 0) is 24.5 Å². The molecule has 1 aliphatic carbocycles. The fraction of sp³-hybridized carbons (Fsp3) is 0.222. The molecule has 0 bridgehead atoms. The van der Waals surface area contributed by atoms with Gasteiger partial charge in [0.2, 0.25) is 0 Å². The van der Waals surface area contributed by atoms with Crippen molar-refractivity contribution in [3.8, 4) is 0 Å². The number of Topliss-reactive ketones (excluding diaryl/α,β-unsaturated/α-hetero) is 1. The average molecular weight is 293 g/mol. The smallest absolute Gasteiger partial charge is 0.261 e. The molecule has 0 fully saturated rings. The molecule has 110 valence electrons. The molecule has 0 saturated heterocycles. The lowest BCUT2D eigenvalue weighted by molar-refractivity contribution is -0.138. The second-order valence-corrected chi connectivity index (χ2v) is 5.88. The zero-order valence-corrected chi connectivity index (χ0v) is 11.9. The van der Waals surface area contributed by atoms with E-state index in [1.165, 1.54) is 0 Å². The predicted molar refractivity (Wildman–Crippen MR) is 81.6 cm³/mol. The third-order valence-corrected chi connectivity index (χ3v) is 4.74. The van der Waals surface area contributed by atoms with Crippen LogP contribution in [0.5, 0.6) is 0 Å². The van der Waals surface area contributed by atoms with E-state index in [0.29, 0.717) is 29.7 Å². The van der Waals surface area contributed by atoms with Crippen molar-refractivity contribution in [2.45, 2.75) is 18.4 Å². The minimum atomic E-state index is -1.78. The van der Waals surface area contributed by atoms with Gasteiger partial charge in [0.25, 0.3) is 5.91 Å². The molecule has 4 nitrogen and oxygen atoms in total. The fourth-order valence-electron chi connectivity index (χ4n) is 3.61. The van der Waals surface area contributed by atoms with Crippen LogP contribution in [0.1, 0.15) is 27.9 Å². The normalized spacial score (nSPS) is 26.3. The van der Waals surface area contributed by atoms with E-state index in [0.717, 1.165) is 5.56 Å². The molecule has 1 amide bonds. The molecule has 0 unspecified atom stereocenters. The molecule has 22 heavy (non-hydrogen) atoms. The number of hydrogen-bond acceptors (Lipinski definition) is 3. The number of carbonyl (C=O) groups is 2. The SMILES string of the molecule is O=C1c2ccccc2CC[C@H]1[C@@]1(O)C(=O)Nc2ccccc21. The Bertz CT molecular complexity index is 798. The quantitative estimate of drug-likeness (QED) is 0.847. The Labute approximate surface area is 127 Å². The van der Waals surface area contributed by atoms with Gasteiger partial charge in [-0.3, -0.25) is 9.59 Å². The summed E-state index contributed by atoms with van der Waals surface area (Å²) in [5, 5.41) is 13.8. The second kappa shape index (κ2) is 4.52. The summed E-state index contributed by atoms with van der Waals surface area (Å²) >= 11 is 0. The number of para-hydroxylation sites is 1.